The summed E-state index contributed by atoms with van der Waals surface area (Å²) in [6.07, 6.45) is 5.67. The van der Waals surface area contributed by atoms with E-state index in [4.69, 9.17) is 12.2 Å². The smallest absolute Gasteiger partial charge is 0.179 e. The molecular weight excluding hydrogens is 254 g/mol. The zero-order chi connectivity index (χ0) is 13.6. The van der Waals surface area contributed by atoms with Crippen LogP contribution in [0.15, 0.2) is 12.3 Å². The maximum absolute atomic E-state index is 5.54. The number of rotatable bonds is 2. The second kappa shape index (κ2) is 4.75. The number of aryl methyl sites for hydroxylation is 1. The normalized spacial score (nSPS) is 27.2. The van der Waals surface area contributed by atoms with Crippen LogP contribution in [0.5, 0.6) is 0 Å². The minimum Gasteiger partial charge on any atom is -0.329 e. The minimum absolute atomic E-state index is 0.500. The number of aromatic amines is 1. The standard InChI is InChI=1S/C15H21N3S/c1-4-11-5-6-12(10(11)3)18-14-13(17-15(18)19)9(2)7-8-16-14/h7-8,10-12H,4-6H2,1-3H3,(H,17,19). The van der Waals surface area contributed by atoms with E-state index in [2.05, 4.69) is 35.3 Å². The highest BCUT2D eigenvalue weighted by Crippen LogP contribution is 2.42. The lowest BCUT2D eigenvalue weighted by Gasteiger charge is -2.21. The van der Waals surface area contributed by atoms with E-state index in [1.165, 1.54) is 24.8 Å². The Hall–Kier alpha value is -1.16. The third-order valence-electron chi connectivity index (χ3n) is 4.86. The van der Waals surface area contributed by atoms with Crippen molar-refractivity contribution in [2.75, 3.05) is 0 Å². The van der Waals surface area contributed by atoms with Crippen LogP contribution in [0.2, 0.25) is 0 Å². The Morgan fingerprint density at radius 2 is 2.26 bits per heavy atom. The number of imidazole rings is 1. The number of nitrogens with zero attached hydrogens (tertiary/aromatic N) is 2. The van der Waals surface area contributed by atoms with E-state index in [0.29, 0.717) is 12.0 Å². The van der Waals surface area contributed by atoms with E-state index in [1.54, 1.807) is 0 Å². The van der Waals surface area contributed by atoms with Crippen molar-refractivity contribution in [2.45, 2.75) is 46.1 Å². The summed E-state index contributed by atoms with van der Waals surface area (Å²) in [6, 6.07) is 2.53. The van der Waals surface area contributed by atoms with Crippen molar-refractivity contribution in [3.63, 3.8) is 0 Å². The second-order valence-electron chi connectivity index (χ2n) is 5.80. The summed E-state index contributed by atoms with van der Waals surface area (Å²) >= 11 is 5.54. The van der Waals surface area contributed by atoms with Crippen LogP contribution in [0.3, 0.4) is 0 Å². The summed E-state index contributed by atoms with van der Waals surface area (Å²) in [5.41, 5.74) is 3.34. The average molecular weight is 275 g/mol. The Bertz CT molecular complexity index is 655. The van der Waals surface area contributed by atoms with Gasteiger partial charge in [-0.2, -0.15) is 0 Å². The van der Waals surface area contributed by atoms with Gasteiger partial charge in [-0.05, 0) is 55.4 Å². The zero-order valence-electron chi connectivity index (χ0n) is 11.8. The van der Waals surface area contributed by atoms with Gasteiger partial charge < -0.3 is 4.98 Å². The molecule has 3 unspecified atom stereocenters. The predicted octanol–water partition coefficient (Wildman–Crippen LogP) is 4.40. The Morgan fingerprint density at radius 1 is 1.47 bits per heavy atom. The fraction of sp³-hybridized carbons (Fsp3) is 0.600. The summed E-state index contributed by atoms with van der Waals surface area (Å²) in [5, 5.41) is 0. The van der Waals surface area contributed by atoms with Crippen LogP contribution in [0, 0.1) is 23.5 Å². The van der Waals surface area contributed by atoms with Crippen LogP contribution in [0.1, 0.15) is 44.7 Å². The third-order valence-corrected chi connectivity index (χ3v) is 5.16. The maximum atomic E-state index is 5.54. The molecule has 3 atom stereocenters. The Labute approximate surface area is 119 Å². The summed E-state index contributed by atoms with van der Waals surface area (Å²) in [7, 11) is 0. The van der Waals surface area contributed by atoms with Gasteiger partial charge in [0.2, 0.25) is 0 Å². The molecule has 3 nitrogen and oxygen atoms in total. The highest BCUT2D eigenvalue weighted by Gasteiger charge is 2.34. The van der Waals surface area contributed by atoms with Crippen molar-refractivity contribution in [2.24, 2.45) is 11.8 Å². The molecule has 0 aliphatic heterocycles. The highest BCUT2D eigenvalue weighted by atomic mass is 32.1. The Kier molecular flexibility index (Phi) is 3.21. The van der Waals surface area contributed by atoms with E-state index < -0.39 is 0 Å². The van der Waals surface area contributed by atoms with Crippen molar-refractivity contribution in [1.29, 1.82) is 0 Å². The van der Waals surface area contributed by atoms with E-state index >= 15 is 0 Å². The Morgan fingerprint density at radius 3 is 2.95 bits per heavy atom. The molecule has 1 fully saturated rings. The number of fused-ring (bicyclic) bond motifs is 1. The van der Waals surface area contributed by atoms with E-state index in [-0.39, 0.29) is 0 Å². The van der Waals surface area contributed by atoms with Crippen LogP contribution in [0.25, 0.3) is 11.2 Å². The van der Waals surface area contributed by atoms with Gasteiger partial charge in [0.15, 0.2) is 10.4 Å². The summed E-state index contributed by atoms with van der Waals surface area (Å²) in [6.45, 7) is 6.76. The molecule has 2 aromatic heterocycles. The van der Waals surface area contributed by atoms with Crippen molar-refractivity contribution in [3.05, 3.63) is 22.6 Å². The molecule has 1 N–H and O–H groups in total. The first kappa shape index (κ1) is 12.9. The van der Waals surface area contributed by atoms with Gasteiger partial charge in [-0.15, -0.1) is 0 Å². The van der Waals surface area contributed by atoms with Gasteiger partial charge in [0.1, 0.15) is 0 Å². The van der Waals surface area contributed by atoms with Crippen LogP contribution >= 0.6 is 12.2 Å². The average Bonchev–Trinajstić information content (AvgIpc) is 2.90. The van der Waals surface area contributed by atoms with Crippen molar-refractivity contribution in [3.8, 4) is 0 Å². The quantitative estimate of drug-likeness (QED) is 0.824. The molecule has 0 saturated heterocycles. The predicted molar refractivity (Wildman–Crippen MR) is 80.9 cm³/mol. The molecule has 1 saturated carbocycles. The monoisotopic (exact) mass is 275 g/mol. The van der Waals surface area contributed by atoms with E-state index in [9.17, 15) is 0 Å². The first-order valence-electron chi connectivity index (χ1n) is 7.19. The topological polar surface area (TPSA) is 33.6 Å². The van der Waals surface area contributed by atoms with Gasteiger partial charge in [-0.3, -0.25) is 4.57 Å². The van der Waals surface area contributed by atoms with Gasteiger partial charge in [0.05, 0.1) is 5.52 Å². The van der Waals surface area contributed by atoms with Crippen molar-refractivity contribution >= 4 is 23.4 Å². The van der Waals surface area contributed by atoms with E-state index in [1.807, 2.05) is 12.3 Å². The summed E-state index contributed by atoms with van der Waals surface area (Å²) in [4.78, 5) is 7.90. The molecule has 0 amide bonds. The number of aromatic nitrogens is 3. The Balaban J connectivity index is 2.14. The molecule has 2 aromatic rings. The van der Waals surface area contributed by atoms with Gasteiger partial charge in [0, 0.05) is 12.2 Å². The van der Waals surface area contributed by atoms with Gasteiger partial charge in [-0.1, -0.05) is 20.3 Å². The fourth-order valence-electron chi connectivity index (χ4n) is 3.62. The molecule has 19 heavy (non-hydrogen) atoms. The van der Waals surface area contributed by atoms with Crippen LogP contribution in [-0.4, -0.2) is 14.5 Å². The van der Waals surface area contributed by atoms with Crippen LogP contribution in [-0.2, 0) is 0 Å². The third kappa shape index (κ3) is 1.93. The molecule has 0 radical (unpaired) electrons. The summed E-state index contributed by atoms with van der Waals surface area (Å²) < 4.78 is 3.09. The zero-order valence-corrected chi connectivity index (χ0v) is 12.6. The lowest BCUT2D eigenvalue weighted by molar-refractivity contribution is 0.331. The van der Waals surface area contributed by atoms with Crippen LogP contribution in [0.4, 0.5) is 0 Å². The molecule has 4 heteroatoms. The first-order chi connectivity index (χ1) is 9.13. The van der Waals surface area contributed by atoms with Crippen LogP contribution < -0.4 is 0 Å². The lowest BCUT2D eigenvalue weighted by Crippen LogP contribution is -2.16. The molecule has 102 valence electrons. The maximum Gasteiger partial charge on any atom is 0.179 e. The lowest BCUT2D eigenvalue weighted by atomic mass is 9.93. The van der Waals surface area contributed by atoms with Gasteiger partial charge in [0.25, 0.3) is 0 Å². The van der Waals surface area contributed by atoms with Crippen molar-refractivity contribution in [1.82, 2.24) is 14.5 Å². The molecular formula is C15H21N3S. The molecule has 1 aliphatic carbocycles. The molecule has 0 bridgehead atoms. The van der Waals surface area contributed by atoms with Gasteiger partial charge >= 0.3 is 0 Å². The fourth-order valence-corrected chi connectivity index (χ4v) is 3.94. The number of hydrogen-bond donors (Lipinski definition) is 1. The summed E-state index contributed by atoms with van der Waals surface area (Å²) in [5.74, 6) is 1.50. The van der Waals surface area contributed by atoms with Crippen molar-refractivity contribution < 1.29 is 0 Å². The van der Waals surface area contributed by atoms with E-state index in [0.717, 1.165) is 21.9 Å². The highest BCUT2D eigenvalue weighted by molar-refractivity contribution is 7.71. The number of H-pyrrole nitrogens is 1. The SMILES string of the molecule is CCC1CCC(n2c(=S)[nH]c3c(C)ccnc32)C1C. The molecule has 1 aliphatic rings. The minimum atomic E-state index is 0.500. The van der Waals surface area contributed by atoms with Gasteiger partial charge in [-0.25, -0.2) is 4.98 Å². The molecule has 3 rings (SSSR count). The molecule has 0 spiro atoms. The number of nitrogens with one attached hydrogen (secondary N) is 1. The first-order valence-corrected chi connectivity index (χ1v) is 7.60. The molecule has 0 aromatic carbocycles. The largest absolute Gasteiger partial charge is 0.329 e. The molecule has 2 heterocycles. The number of hydrogen-bond acceptors (Lipinski definition) is 2. The second-order valence-corrected chi connectivity index (χ2v) is 6.19. The number of pyridine rings is 1.